The molecule has 0 spiro atoms. The van der Waals surface area contributed by atoms with Crippen molar-refractivity contribution in [2.75, 3.05) is 11.9 Å². The average molecular weight is 424 g/mol. The van der Waals surface area contributed by atoms with Crippen LogP contribution in [0.25, 0.3) is 11.3 Å². The Balaban J connectivity index is 1.42. The second kappa shape index (κ2) is 8.52. The Bertz CT molecular complexity index is 983. The highest BCUT2D eigenvalue weighted by Crippen LogP contribution is 2.35. The number of fused-ring (bicyclic) bond motifs is 1. The maximum absolute atomic E-state index is 12.5. The van der Waals surface area contributed by atoms with E-state index in [-0.39, 0.29) is 30.2 Å². The van der Waals surface area contributed by atoms with Gasteiger partial charge < -0.3 is 5.32 Å². The molecule has 1 N–H and O–H groups in total. The molecular formula is C23H25N3O3S. The fourth-order valence-corrected chi connectivity index (χ4v) is 5.01. The first-order valence-corrected chi connectivity index (χ1v) is 11.2. The number of allylic oxidation sites excluding steroid dienone is 2. The van der Waals surface area contributed by atoms with Crippen LogP contribution in [0.4, 0.5) is 5.13 Å². The predicted molar refractivity (Wildman–Crippen MR) is 117 cm³/mol. The highest BCUT2D eigenvalue weighted by atomic mass is 32.1. The van der Waals surface area contributed by atoms with Crippen LogP contribution in [0.2, 0.25) is 0 Å². The van der Waals surface area contributed by atoms with E-state index in [9.17, 15) is 14.4 Å². The molecule has 0 radical (unpaired) electrons. The fourth-order valence-electron chi connectivity index (χ4n) is 4.16. The van der Waals surface area contributed by atoms with Gasteiger partial charge in [0, 0.05) is 10.4 Å². The zero-order valence-corrected chi connectivity index (χ0v) is 18.0. The van der Waals surface area contributed by atoms with Crippen molar-refractivity contribution in [3.8, 4) is 11.3 Å². The van der Waals surface area contributed by atoms with E-state index in [1.165, 1.54) is 16.9 Å². The van der Waals surface area contributed by atoms with Crippen molar-refractivity contribution < 1.29 is 14.4 Å². The molecule has 1 aromatic heterocycles. The summed E-state index contributed by atoms with van der Waals surface area (Å²) >= 11 is 1.39. The van der Waals surface area contributed by atoms with Gasteiger partial charge in [0.05, 0.1) is 17.5 Å². The van der Waals surface area contributed by atoms with Crippen LogP contribution in [-0.2, 0) is 20.8 Å². The standard InChI is InChI=1S/C23H25N3O3S/c1-3-6-15-9-11-16(12-10-15)20-14(2)30-23(25-20)24-19(27)13-26-21(28)17-7-4-5-8-18(17)22(26)29/h4-5,9-12,17-18H,3,6-8,13H2,1-2H3,(H,24,25,27). The van der Waals surface area contributed by atoms with Crippen molar-refractivity contribution >= 4 is 34.2 Å². The molecule has 1 fully saturated rings. The van der Waals surface area contributed by atoms with Crippen molar-refractivity contribution in [2.45, 2.75) is 39.5 Å². The van der Waals surface area contributed by atoms with E-state index in [0.717, 1.165) is 33.9 Å². The Morgan fingerprint density at radius 2 is 1.77 bits per heavy atom. The molecule has 4 rings (SSSR count). The minimum Gasteiger partial charge on any atom is -0.300 e. The van der Waals surface area contributed by atoms with Crippen LogP contribution >= 0.6 is 11.3 Å². The summed E-state index contributed by atoms with van der Waals surface area (Å²) in [7, 11) is 0. The highest BCUT2D eigenvalue weighted by molar-refractivity contribution is 7.16. The van der Waals surface area contributed by atoms with E-state index in [0.29, 0.717) is 18.0 Å². The molecule has 156 valence electrons. The van der Waals surface area contributed by atoms with Gasteiger partial charge in [-0.05, 0) is 31.7 Å². The number of aryl methyl sites for hydroxylation is 2. The van der Waals surface area contributed by atoms with Crippen LogP contribution < -0.4 is 5.32 Å². The van der Waals surface area contributed by atoms with Crippen LogP contribution in [0.5, 0.6) is 0 Å². The third-order valence-electron chi connectivity index (χ3n) is 5.71. The maximum atomic E-state index is 12.5. The van der Waals surface area contributed by atoms with Crippen molar-refractivity contribution in [1.82, 2.24) is 9.88 Å². The summed E-state index contributed by atoms with van der Waals surface area (Å²) < 4.78 is 0. The number of carbonyl (C=O) groups excluding carboxylic acids is 3. The SMILES string of the molecule is CCCc1ccc(-c2nc(NC(=O)CN3C(=O)C4CC=CCC4C3=O)sc2C)cc1. The Morgan fingerprint density at radius 3 is 2.37 bits per heavy atom. The molecular weight excluding hydrogens is 398 g/mol. The molecule has 1 aliphatic heterocycles. The first-order valence-electron chi connectivity index (χ1n) is 10.3. The lowest BCUT2D eigenvalue weighted by Gasteiger charge is -2.14. The summed E-state index contributed by atoms with van der Waals surface area (Å²) in [4.78, 5) is 44.3. The molecule has 0 saturated carbocycles. The number of likely N-dealkylation sites (tertiary alicyclic amines) is 1. The number of hydrogen-bond acceptors (Lipinski definition) is 5. The number of nitrogens with one attached hydrogen (secondary N) is 1. The lowest BCUT2D eigenvalue weighted by atomic mass is 9.85. The molecule has 2 heterocycles. The van der Waals surface area contributed by atoms with Crippen LogP contribution in [0.3, 0.4) is 0 Å². The molecule has 0 bridgehead atoms. The van der Waals surface area contributed by atoms with Crippen molar-refractivity contribution in [3.05, 3.63) is 46.9 Å². The number of imide groups is 1. The Hall–Kier alpha value is -2.80. The summed E-state index contributed by atoms with van der Waals surface area (Å²) in [5.74, 6) is -1.53. The third-order valence-corrected chi connectivity index (χ3v) is 6.60. The minimum absolute atomic E-state index is 0.243. The van der Waals surface area contributed by atoms with Gasteiger partial charge in [0.25, 0.3) is 0 Å². The summed E-state index contributed by atoms with van der Waals surface area (Å²) in [6.45, 7) is 3.86. The molecule has 30 heavy (non-hydrogen) atoms. The smallest absolute Gasteiger partial charge is 0.246 e. The molecule has 6 nitrogen and oxygen atoms in total. The molecule has 2 unspecified atom stereocenters. The summed E-state index contributed by atoms with van der Waals surface area (Å²) in [5.41, 5.74) is 3.13. The van der Waals surface area contributed by atoms with Gasteiger partial charge in [-0.3, -0.25) is 19.3 Å². The van der Waals surface area contributed by atoms with Crippen LogP contribution in [0.15, 0.2) is 36.4 Å². The minimum atomic E-state index is -0.401. The van der Waals surface area contributed by atoms with E-state index in [4.69, 9.17) is 0 Å². The van der Waals surface area contributed by atoms with Crippen LogP contribution in [-0.4, -0.2) is 34.2 Å². The number of hydrogen-bond donors (Lipinski definition) is 1. The molecule has 2 aromatic rings. The van der Waals surface area contributed by atoms with E-state index in [2.05, 4.69) is 41.5 Å². The summed E-state index contributed by atoms with van der Waals surface area (Å²) in [6, 6.07) is 8.31. The van der Waals surface area contributed by atoms with Gasteiger partial charge in [-0.15, -0.1) is 11.3 Å². The number of rotatable bonds is 6. The van der Waals surface area contributed by atoms with E-state index < -0.39 is 5.91 Å². The Labute approximate surface area is 180 Å². The molecule has 2 atom stereocenters. The molecule has 7 heteroatoms. The zero-order valence-electron chi connectivity index (χ0n) is 17.2. The first-order chi connectivity index (χ1) is 14.5. The molecule has 1 aromatic carbocycles. The highest BCUT2D eigenvalue weighted by Gasteiger charge is 2.47. The molecule has 1 saturated heterocycles. The maximum Gasteiger partial charge on any atom is 0.246 e. The normalized spacial score (nSPS) is 20.5. The molecule has 3 amide bonds. The Morgan fingerprint density at radius 1 is 1.13 bits per heavy atom. The summed E-state index contributed by atoms with van der Waals surface area (Å²) in [6.07, 6.45) is 7.16. The van der Waals surface area contributed by atoms with Crippen molar-refractivity contribution in [2.24, 2.45) is 11.8 Å². The second-order valence-electron chi connectivity index (χ2n) is 7.84. The average Bonchev–Trinajstić information content (AvgIpc) is 3.21. The Kier molecular flexibility index (Phi) is 5.81. The molecule has 2 aliphatic rings. The van der Waals surface area contributed by atoms with E-state index in [1.54, 1.807) is 0 Å². The van der Waals surface area contributed by atoms with Gasteiger partial charge in [0.1, 0.15) is 6.54 Å². The second-order valence-corrected chi connectivity index (χ2v) is 9.04. The quantitative estimate of drug-likeness (QED) is 0.563. The topological polar surface area (TPSA) is 79.4 Å². The van der Waals surface area contributed by atoms with Crippen LogP contribution in [0, 0.1) is 18.8 Å². The lowest BCUT2D eigenvalue weighted by molar-refractivity contribution is -0.142. The van der Waals surface area contributed by atoms with E-state index >= 15 is 0 Å². The van der Waals surface area contributed by atoms with Gasteiger partial charge in [-0.1, -0.05) is 49.8 Å². The zero-order chi connectivity index (χ0) is 21.3. The van der Waals surface area contributed by atoms with Crippen molar-refractivity contribution in [3.63, 3.8) is 0 Å². The number of aromatic nitrogens is 1. The number of carbonyl (C=O) groups is 3. The summed E-state index contributed by atoms with van der Waals surface area (Å²) in [5, 5.41) is 3.24. The number of nitrogens with zero attached hydrogens (tertiary/aromatic N) is 2. The van der Waals surface area contributed by atoms with Crippen molar-refractivity contribution in [1.29, 1.82) is 0 Å². The predicted octanol–water partition coefficient (Wildman–Crippen LogP) is 3.96. The van der Waals surface area contributed by atoms with Gasteiger partial charge in [0.2, 0.25) is 17.7 Å². The number of thiazole rings is 1. The van der Waals surface area contributed by atoms with E-state index in [1.807, 2.05) is 19.1 Å². The molecule has 1 aliphatic carbocycles. The fraction of sp³-hybridized carbons (Fsp3) is 0.391. The number of benzene rings is 1. The van der Waals surface area contributed by atoms with Gasteiger partial charge in [-0.25, -0.2) is 4.98 Å². The number of anilines is 1. The monoisotopic (exact) mass is 423 g/mol. The third kappa shape index (κ3) is 3.94. The first kappa shape index (κ1) is 20.5. The largest absolute Gasteiger partial charge is 0.300 e. The number of amides is 3. The van der Waals surface area contributed by atoms with Gasteiger partial charge >= 0.3 is 0 Å². The van der Waals surface area contributed by atoms with Crippen LogP contribution in [0.1, 0.15) is 36.6 Å². The lowest BCUT2D eigenvalue weighted by Crippen LogP contribution is -2.38. The van der Waals surface area contributed by atoms with Gasteiger partial charge in [-0.2, -0.15) is 0 Å². The van der Waals surface area contributed by atoms with Gasteiger partial charge in [0.15, 0.2) is 5.13 Å².